The molecule has 0 N–H and O–H groups in total. The number of benzene rings is 3. The van der Waals surface area contributed by atoms with Gasteiger partial charge in [-0.2, -0.15) is 0 Å². The molecule has 3 aromatic rings. The van der Waals surface area contributed by atoms with Crippen molar-refractivity contribution in [3.8, 4) is 23.3 Å². The van der Waals surface area contributed by atoms with Crippen LogP contribution < -0.4 is 9.47 Å². The third-order valence-corrected chi connectivity index (χ3v) is 4.03. The lowest BCUT2D eigenvalue weighted by atomic mass is 10.1. The maximum absolute atomic E-state index is 5.24. The van der Waals surface area contributed by atoms with Gasteiger partial charge in [0.15, 0.2) is 0 Å². The average Bonchev–Trinajstić information content (AvgIpc) is 2.77. The fourth-order valence-corrected chi connectivity index (χ4v) is 2.51. The lowest BCUT2D eigenvalue weighted by molar-refractivity contribution is 0.414. The molecule has 0 heterocycles. The van der Waals surface area contributed by atoms with Crippen molar-refractivity contribution >= 4 is 17.5 Å². The van der Waals surface area contributed by atoms with Gasteiger partial charge < -0.3 is 9.47 Å². The number of methoxy groups -OCH3 is 2. The molecule has 0 amide bonds. The third kappa shape index (κ3) is 5.36. The number of aliphatic imine (C=N–C) groups is 1. The molecule has 0 fully saturated rings. The first kappa shape index (κ1) is 19.0. The Balaban J connectivity index is 1.90. The summed E-state index contributed by atoms with van der Waals surface area (Å²) in [5.74, 6) is 7.84. The van der Waals surface area contributed by atoms with Crippen molar-refractivity contribution in [2.24, 2.45) is 4.99 Å². The minimum absolute atomic E-state index is 0.686. The SMILES string of the molecule is COc1ccc(N=C(C#C/C=C/c2ccccc2)c2ccc(OC)cc2)cc1. The van der Waals surface area contributed by atoms with Crippen LogP contribution in [-0.4, -0.2) is 19.9 Å². The predicted molar refractivity (Wildman–Crippen MR) is 115 cm³/mol. The molecule has 3 nitrogen and oxygen atoms in total. The molecular formula is C25H21NO2. The largest absolute Gasteiger partial charge is 0.497 e. The van der Waals surface area contributed by atoms with E-state index < -0.39 is 0 Å². The molecule has 138 valence electrons. The fourth-order valence-electron chi connectivity index (χ4n) is 2.51. The van der Waals surface area contributed by atoms with Gasteiger partial charge in [0.1, 0.15) is 17.2 Å². The van der Waals surface area contributed by atoms with Gasteiger partial charge in [0.05, 0.1) is 19.9 Å². The maximum atomic E-state index is 5.24. The zero-order chi connectivity index (χ0) is 19.6. The van der Waals surface area contributed by atoms with Crippen LogP contribution >= 0.6 is 0 Å². The fraction of sp³-hybridized carbons (Fsp3) is 0.0800. The van der Waals surface area contributed by atoms with Crippen molar-refractivity contribution in [3.05, 3.63) is 96.1 Å². The van der Waals surface area contributed by atoms with Crippen LogP contribution in [0.15, 0.2) is 89.9 Å². The van der Waals surface area contributed by atoms with E-state index in [1.54, 1.807) is 14.2 Å². The van der Waals surface area contributed by atoms with E-state index in [1.165, 1.54) is 0 Å². The summed E-state index contributed by atoms with van der Waals surface area (Å²) in [5.41, 5.74) is 3.53. The number of ether oxygens (including phenoxy) is 2. The van der Waals surface area contributed by atoms with Crippen molar-refractivity contribution in [2.45, 2.75) is 0 Å². The molecule has 3 aromatic carbocycles. The molecule has 0 saturated heterocycles. The van der Waals surface area contributed by atoms with Gasteiger partial charge in [-0.1, -0.05) is 36.3 Å². The Kier molecular flexibility index (Phi) is 6.65. The van der Waals surface area contributed by atoms with Gasteiger partial charge in [-0.3, -0.25) is 0 Å². The van der Waals surface area contributed by atoms with Crippen LogP contribution in [0, 0.1) is 11.8 Å². The van der Waals surface area contributed by atoms with Crippen LogP contribution in [0.25, 0.3) is 6.08 Å². The van der Waals surface area contributed by atoms with Gasteiger partial charge in [0.2, 0.25) is 0 Å². The van der Waals surface area contributed by atoms with Crippen LogP contribution in [0.3, 0.4) is 0 Å². The summed E-state index contributed by atoms with van der Waals surface area (Å²) in [4.78, 5) is 4.72. The summed E-state index contributed by atoms with van der Waals surface area (Å²) in [6.07, 6.45) is 3.81. The summed E-state index contributed by atoms with van der Waals surface area (Å²) < 4.78 is 10.4. The summed E-state index contributed by atoms with van der Waals surface area (Å²) >= 11 is 0. The number of nitrogens with zero attached hydrogens (tertiary/aromatic N) is 1. The normalized spacial score (nSPS) is 11.0. The van der Waals surface area contributed by atoms with Gasteiger partial charge in [0.25, 0.3) is 0 Å². The summed E-state index contributed by atoms with van der Waals surface area (Å²) in [6, 6.07) is 25.4. The quantitative estimate of drug-likeness (QED) is 0.438. The second-order valence-corrected chi connectivity index (χ2v) is 5.90. The predicted octanol–water partition coefficient (Wildman–Crippen LogP) is 5.54. The topological polar surface area (TPSA) is 30.8 Å². The number of rotatable bonds is 5. The third-order valence-electron chi connectivity index (χ3n) is 4.03. The average molecular weight is 367 g/mol. The lowest BCUT2D eigenvalue weighted by Gasteiger charge is -2.04. The highest BCUT2D eigenvalue weighted by atomic mass is 16.5. The van der Waals surface area contributed by atoms with Gasteiger partial charge in [-0.25, -0.2) is 4.99 Å². The molecular weight excluding hydrogens is 346 g/mol. The monoisotopic (exact) mass is 367 g/mol. The van der Waals surface area contributed by atoms with E-state index in [1.807, 2.05) is 91.0 Å². The van der Waals surface area contributed by atoms with Crippen LogP contribution in [0.2, 0.25) is 0 Å². The smallest absolute Gasteiger partial charge is 0.121 e. The van der Waals surface area contributed by atoms with E-state index in [0.717, 1.165) is 28.3 Å². The Morgan fingerprint density at radius 3 is 2.00 bits per heavy atom. The van der Waals surface area contributed by atoms with Crippen molar-refractivity contribution < 1.29 is 9.47 Å². The Hall–Kier alpha value is -3.77. The molecule has 0 aliphatic carbocycles. The molecule has 0 aromatic heterocycles. The molecule has 0 saturated carbocycles. The molecule has 0 unspecified atom stereocenters. The van der Waals surface area contributed by atoms with Crippen molar-refractivity contribution in [1.29, 1.82) is 0 Å². The van der Waals surface area contributed by atoms with E-state index in [0.29, 0.717) is 5.71 Å². The standard InChI is InChI=1S/C25H21NO2/c1-27-23-16-12-21(13-17-23)25(26-22-14-18-24(28-2)19-15-22)11-7-6-10-20-8-4-3-5-9-20/h3-6,8-10,12-19H,1-2H3/b10-6+,26-25?. The number of allylic oxidation sites excluding steroid dienone is 1. The van der Waals surface area contributed by atoms with E-state index in [2.05, 4.69) is 11.8 Å². The lowest BCUT2D eigenvalue weighted by Crippen LogP contribution is -1.97. The molecule has 3 rings (SSSR count). The maximum Gasteiger partial charge on any atom is 0.121 e. The number of hydrogen-bond donors (Lipinski definition) is 0. The Morgan fingerprint density at radius 2 is 1.39 bits per heavy atom. The second kappa shape index (κ2) is 9.80. The Morgan fingerprint density at radius 1 is 0.786 bits per heavy atom. The minimum Gasteiger partial charge on any atom is -0.497 e. The molecule has 0 bridgehead atoms. The number of hydrogen-bond acceptors (Lipinski definition) is 3. The van der Waals surface area contributed by atoms with Crippen molar-refractivity contribution in [3.63, 3.8) is 0 Å². The zero-order valence-electron chi connectivity index (χ0n) is 15.9. The summed E-state index contributed by atoms with van der Waals surface area (Å²) in [5, 5.41) is 0. The molecule has 0 spiro atoms. The molecule has 0 atom stereocenters. The van der Waals surface area contributed by atoms with E-state index in [9.17, 15) is 0 Å². The summed E-state index contributed by atoms with van der Waals surface area (Å²) in [7, 11) is 3.29. The molecule has 0 radical (unpaired) electrons. The van der Waals surface area contributed by atoms with Gasteiger partial charge in [0, 0.05) is 5.56 Å². The first-order chi connectivity index (χ1) is 13.8. The highest BCUT2D eigenvalue weighted by molar-refractivity contribution is 6.14. The highest BCUT2D eigenvalue weighted by Crippen LogP contribution is 2.20. The molecule has 0 aliphatic rings. The Labute approximate surface area is 166 Å². The molecule has 0 aliphatic heterocycles. The molecule has 3 heteroatoms. The van der Waals surface area contributed by atoms with Crippen molar-refractivity contribution in [1.82, 2.24) is 0 Å². The van der Waals surface area contributed by atoms with Gasteiger partial charge in [-0.15, -0.1) is 0 Å². The summed E-state index contributed by atoms with van der Waals surface area (Å²) in [6.45, 7) is 0. The highest BCUT2D eigenvalue weighted by Gasteiger charge is 2.02. The van der Waals surface area contributed by atoms with Crippen LogP contribution in [-0.2, 0) is 0 Å². The van der Waals surface area contributed by atoms with Crippen molar-refractivity contribution in [2.75, 3.05) is 14.2 Å². The minimum atomic E-state index is 0.686. The van der Waals surface area contributed by atoms with E-state index in [4.69, 9.17) is 14.5 Å². The molecule has 28 heavy (non-hydrogen) atoms. The Bertz CT molecular complexity index is 1010. The van der Waals surface area contributed by atoms with Crippen LogP contribution in [0.5, 0.6) is 11.5 Å². The first-order valence-electron chi connectivity index (χ1n) is 8.89. The first-order valence-corrected chi connectivity index (χ1v) is 8.89. The van der Waals surface area contributed by atoms with E-state index in [-0.39, 0.29) is 0 Å². The van der Waals surface area contributed by atoms with Crippen LogP contribution in [0.4, 0.5) is 5.69 Å². The second-order valence-electron chi connectivity index (χ2n) is 5.90. The van der Waals surface area contributed by atoms with E-state index >= 15 is 0 Å². The van der Waals surface area contributed by atoms with Gasteiger partial charge >= 0.3 is 0 Å². The van der Waals surface area contributed by atoms with Gasteiger partial charge in [-0.05, 0) is 72.2 Å². The zero-order valence-corrected chi connectivity index (χ0v) is 15.9. The van der Waals surface area contributed by atoms with Crippen LogP contribution in [0.1, 0.15) is 11.1 Å².